The molecule has 1 aliphatic carbocycles. The third kappa shape index (κ3) is 2.63. The molecular formula is C23H26N+. The van der Waals surface area contributed by atoms with Gasteiger partial charge in [0.05, 0.1) is 27.2 Å². The van der Waals surface area contributed by atoms with Crippen molar-refractivity contribution < 1.29 is 4.48 Å². The highest BCUT2D eigenvalue weighted by molar-refractivity contribution is 5.94. The fourth-order valence-electron chi connectivity index (χ4n) is 4.04. The predicted molar refractivity (Wildman–Crippen MR) is 103 cm³/mol. The largest absolute Gasteiger partial charge is 0.325 e. The highest BCUT2D eigenvalue weighted by atomic mass is 15.3. The number of likely N-dealkylation sites (N-methyl/N-ethyl adjacent to an activating group) is 1. The van der Waals surface area contributed by atoms with E-state index in [1.165, 1.54) is 39.9 Å². The molecule has 0 amide bonds. The molecule has 0 fully saturated rings. The lowest BCUT2D eigenvalue weighted by Crippen LogP contribution is -2.42. The van der Waals surface area contributed by atoms with Gasteiger partial charge in [0.2, 0.25) is 0 Å². The molecule has 0 spiro atoms. The molecule has 0 saturated carbocycles. The van der Waals surface area contributed by atoms with E-state index < -0.39 is 0 Å². The maximum Gasteiger partial charge on any atom is 0.0975 e. The highest BCUT2D eigenvalue weighted by Crippen LogP contribution is 2.41. The average Bonchev–Trinajstić information content (AvgIpc) is 2.71. The van der Waals surface area contributed by atoms with E-state index in [1.807, 2.05) is 0 Å². The van der Waals surface area contributed by atoms with Crippen molar-refractivity contribution in [2.24, 2.45) is 0 Å². The van der Waals surface area contributed by atoms with Crippen molar-refractivity contribution >= 4 is 11.6 Å². The van der Waals surface area contributed by atoms with Crippen molar-refractivity contribution in [1.82, 2.24) is 0 Å². The van der Waals surface area contributed by atoms with Gasteiger partial charge in [-0.2, -0.15) is 0 Å². The summed E-state index contributed by atoms with van der Waals surface area (Å²) >= 11 is 0. The van der Waals surface area contributed by atoms with Crippen LogP contribution < -0.4 is 0 Å². The van der Waals surface area contributed by atoms with Gasteiger partial charge in [-0.15, -0.1) is 0 Å². The van der Waals surface area contributed by atoms with E-state index >= 15 is 0 Å². The normalized spacial score (nSPS) is 21.9. The fourth-order valence-corrected chi connectivity index (χ4v) is 4.04. The van der Waals surface area contributed by atoms with Crippen LogP contribution in [-0.2, 0) is 0 Å². The van der Waals surface area contributed by atoms with Crippen LogP contribution in [0.2, 0.25) is 0 Å². The van der Waals surface area contributed by atoms with E-state index in [9.17, 15) is 0 Å². The first-order chi connectivity index (χ1) is 11.6. The highest BCUT2D eigenvalue weighted by Gasteiger charge is 2.26. The standard InChI is InChI=1S/C23H26N/c1-17-20-9-5-4-8-19(20)16-23(22-11-7-6-10-21(17)22)18-12-14-24(2,3)15-13-18/h4-12,16-17H,13-15H2,1-3H3/q+1/t17-/m1/s1. The third-order valence-corrected chi connectivity index (χ3v) is 5.64. The maximum absolute atomic E-state index is 2.46. The smallest absolute Gasteiger partial charge is 0.0975 e. The summed E-state index contributed by atoms with van der Waals surface area (Å²) in [5, 5.41) is 0. The second kappa shape index (κ2) is 5.75. The molecule has 122 valence electrons. The Balaban J connectivity index is 1.91. The Kier molecular flexibility index (Phi) is 3.69. The molecule has 4 rings (SSSR count). The molecule has 1 heteroatoms. The van der Waals surface area contributed by atoms with Gasteiger partial charge in [-0.3, -0.25) is 0 Å². The Labute approximate surface area is 145 Å². The van der Waals surface area contributed by atoms with Gasteiger partial charge in [0, 0.05) is 12.3 Å². The number of hydrogen-bond acceptors (Lipinski definition) is 0. The second-order valence-corrected chi connectivity index (χ2v) is 7.82. The van der Waals surface area contributed by atoms with Crippen molar-refractivity contribution in [1.29, 1.82) is 0 Å². The van der Waals surface area contributed by atoms with E-state index in [1.54, 1.807) is 0 Å². The lowest BCUT2D eigenvalue weighted by Gasteiger charge is -2.33. The van der Waals surface area contributed by atoms with E-state index in [0.717, 1.165) is 17.4 Å². The van der Waals surface area contributed by atoms with Crippen LogP contribution in [0.25, 0.3) is 11.6 Å². The summed E-state index contributed by atoms with van der Waals surface area (Å²) in [5.74, 6) is 0.433. The minimum atomic E-state index is 0.433. The first kappa shape index (κ1) is 15.4. The molecule has 2 aliphatic rings. The minimum Gasteiger partial charge on any atom is -0.325 e. The van der Waals surface area contributed by atoms with Gasteiger partial charge in [0.15, 0.2) is 0 Å². The first-order valence-electron chi connectivity index (χ1n) is 8.96. The number of nitrogens with zero attached hydrogens (tertiary/aromatic N) is 1. The summed E-state index contributed by atoms with van der Waals surface area (Å²) in [5.41, 5.74) is 8.63. The summed E-state index contributed by atoms with van der Waals surface area (Å²) < 4.78 is 1.09. The van der Waals surface area contributed by atoms with Gasteiger partial charge < -0.3 is 4.48 Å². The Bertz CT molecular complexity index is 839. The van der Waals surface area contributed by atoms with Crippen LogP contribution in [0, 0.1) is 0 Å². The summed E-state index contributed by atoms with van der Waals surface area (Å²) in [4.78, 5) is 0. The third-order valence-electron chi connectivity index (χ3n) is 5.64. The zero-order chi connectivity index (χ0) is 16.7. The van der Waals surface area contributed by atoms with Crippen molar-refractivity contribution in [3.8, 4) is 0 Å². The van der Waals surface area contributed by atoms with Crippen molar-refractivity contribution in [3.05, 3.63) is 82.4 Å². The van der Waals surface area contributed by atoms with Gasteiger partial charge in [0.25, 0.3) is 0 Å². The number of quaternary nitrogens is 1. The molecule has 0 bridgehead atoms. The molecule has 0 unspecified atom stereocenters. The quantitative estimate of drug-likeness (QED) is 0.642. The molecule has 0 radical (unpaired) electrons. The van der Waals surface area contributed by atoms with Gasteiger partial charge >= 0.3 is 0 Å². The van der Waals surface area contributed by atoms with Gasteiger partial charge in [-0.25, -0.2) is 0 Å². The molecule has 1 aliphatic heterocycles. The molecule has 0 N–H and O–H groups in total. The SMILES string of the molecule is C[C@@H]1c2ccccc2C=C(C2=CC[N+](C)(C)CC2)c2ccccc21. The van der Waals surface area contributed by atoms with Crippen LogP contribution in [0.15, 0.2) is 60.2 Å². The van der Waals surface area contributed by atoms with Gasteiger partial charge in [0.1, 0.15) is 0 Å². The Morgan fingerprint density at radius 2 is 1.62 bits per heavy atom. The molecule has 0 saturated heterocycles. The molecule has 1 atom stereocenters. The molecule has 2 aromatic carbocycles. The van der Waals surface area contributed by atoms with Crippen LogP contribution in [0.1, 0.15) is 41.5 Å². The minimum absolute atomic E-state index is 0.433. The van der Waals surface area contributed by atoms with E-state index in [4.69, 9.17) is 0 Å². The maximum atomic E-state index is 2.46. The number of fused-ring (bicyclic) bond motifs is 2. The van der Waals surface area contributed by atoms with E-state index in [-0.39, 0.29) is 0 Å². The van der Waals surface area contributed by atoms with Crippen LogP contribution in [0.4, 0.5) is 0 Å². The Hall–Kier alpha value is -2.12. The lowest BCUT2D eigenvalue weighted by molar-refractivity contribution is -0.885. The molecule has 24 heavy (non-hydrogen) atoms. The predicted octanol–water partition coefficient (Wildman–Crippen LogP) is 5.10. The first-order valence-corrected chi connectivity index (χ1v) is 8.96. The fraction of sp³-hybridized carbons (Fsp3) is 0.304. The van der Waals surface area contributed by atoms with Crippen LogP contribution in [0.3, 0.4) is 0 Å². The molecule has 1 heterocycles. The average molecular weight is 316 g/mol. The number of benzene rings is 2. The summed E-state index contributed by atoms with van der Waals surface area (Å²) in [6.45, 7) is 4.66. The topological polar surface area (TPSA) is 0 Å². The van der Waals surface area contributed by atoms with Crippen LogP contribution >= 0.6 is 0 Å². The Morgan fingerprint density at radius 1 is 0.917 bits per heavy atom. The molecule has 2 aromatic rings. The monoisotopic (exact) mass is 316 g/mol. The van der Waals surface area contributed by atoms with Crippen molar-refractivity contribution in [2.75, 3.05) is 27.2 Å². The number of rotatable bonds is 1. The second-order valence-electron chi connectivity index (χ2n) is 7.82. The summed E-state index contributed by atoms with van der Waals surface area (Å²) in [7, 11) is 4.64. The van der Waals surface area contributed by atoms with Crippen molar-refractivity contribution in [2.45, 2.75) is 19.3 Å². The molecule has 1 nitrogen and oxygen atoms in total. The van der Waals surface area contributed by atoms with E-state index in [2.05, 4.69) is 81.7 Å². The van der Waals surface area contributed by atoms with Crippen molar-refractivity contribution in [3.63, 3.8) is 0 Å². The molecule has 0 aromatic heterocycles. The van der Waals surface area contributed by atoms with Crippen LogP contribution in [-0.4, -0.2) is 31.7 Å². The zero-order valence-electron chi connectivity index (χ0n) is 14.9. The molecular weight excluding hydrogens is 290 g/mol. The Morgan fingerprint density at radius 3 is 2.38 bits per heavy atom. The number of allylic oxidation sites excluding steroid dienone is 1. The summed E-state index contributed by atoms with van der Waals surface area (Å²) in [6, 6.07) is 17.8. The van der Waals surface area contributed by atoms with Crippen LogP contribution in [0.5, 0.6) is 0 Å². The zero-order valence-corrected chi connectivity index (χ0v) is 14.9. The number of hydrogen-bond donors (Lipinski definition) is 0. The van der Waals surface area contributed by atoms with Gasteiger partial charge in [-0.05, 0) is 45.6 Å². The van der Waals surface area contributed by atoms with E-state index in [0.29, 0.717) is 5.92 Å². The lowest BCUT2D eigenvalue weighted by atomic mass is 9.86. The summed E-state index contributed by atoms with van der Waals surface area (Å²) in [6.07, 6.45) is 6.04. The van der Waals surface area contributed by atoms with Gasteiger partial charge in [-0.1, -0.05) is 55.5 Å².